The zero-order chi connectivity index (χ0) is 15.5. The fourth-order valence-electron chi connectivity index (χ4n) is 2.11. The largest absolute Gasteiger partial charge is 0.707 e. The molecule has 0 saturated heterocycles. The Morgan fingerprint density at radius 2 is 2.05 bits per heavy atom. The molecule has 0 bridgehead atoms. The highest BCUT2D eigenvalue weighted by Gasteiger charge is 2.16. The number of hydrogen-bond donors (Lipinski definition) is 2. The Kier molecular flexibility index (Phi) is 3.95. The van der Waals surface area contributed by atoms with Gasteiger partial charge in [-0.25, -0.2) is 4.98 Å². The minimum Gasteiger partial charge on any atom is -0.512 e. The maximum absolute atomic E-state index is 8.93. The van der Waals surface area contributed by atoms with E-state index in [-0.39, 0.29) is 11.9 Å². The Balaban J connectivity index is 1.93. The van der Waals surface area contributed by atoms with Crippen molar-refractivity contribution >= 4 is 13.0 Å². The molecule has 7 nitrogen and oxygen atoms in total. The average molecular weight is 299 g/mol. The third-order valence-electron chi connectivity index (χ3n) is 3.09. The van der Waals surface area contributed by atoms with Crippen molar-refractivity contribution in [1.82, 2.24) is 14.4 Å². The molecular formula is C14H14BN3O4. The quantitative estimate of drug-likeness (QED) is 0.689. The number of fused-ring (bicyclic) bond motifs is 1. The molecule has 1 atom stereocenters. The van der Waals surface area contributed by atoms with Crippen LogP contribution in [-0.4, -0.2) is 31.7 Å². The summed E-state index contributed by atoms with van der Waals surface area (Å²) in [6, 6.07) is 8.73. The Hall–Kier alpha value is -2.58. The Bertz CT molecular complexity index is 763. The molecule has 0 spiro atoms. The lowest BCUT2D eigenvalue weighted by atomic mass is 10.2. The number of pyridine rings is 2. The van der Waals surface area contributed by atoms with Gasteiger partial charge in [0.2, 0.25) is 5.88 Å². The highest BCUT2D eigenvalue weighted by atomic mass is 16.6. The maximum atomic E-state index is 8.93. The second kappa shape index (κ2) is 6.04. The van der Waals surface area contributed by atoms with Gasteiger partial charge in [0.05, 0.1) is 5.69 Å². The van der Waals surface area contributed by atoms with Crippen LogP contribution in [0.25, 0.3) is 5.65 Å². The first kappa shape index (κ1) is 14.4. The molecule has 2 N–H and O–H groups in total. The van der Waals surface area contributed by atoms with Crippen LogP contribution in [0.2, 0.25) is 0 Å². The summed E-state index contributed by atoms with van der Waals surface area (Å²) in [4.78, 5) is 8.40. The predicted octanol–water partition coefficient (Wildman–Crippen LogP) is 1.22. The molecule has 0 aliphatic carbocycles. The van der Waals surface area contributed by atoms with Crippen molar-refractivity contribution < 1.29 is 19.4 Å². The first-order valence-electron chi connectivity index (χ1n) is 6.71. The van der Waals surface area contributed by atoms with Crippen molar-refractivity contribution in [3.63, 3.8) is 0 Å². The lowest BCUT2D eigenvalue weighted by Gasteiger charge is -2.16. The van der Waals surface area contributed by atoms with Crippen LogP contribution in [-0.2, 0) is 0 Å². The van der Waals surface area contributed by atoms with Crippen molar-refractivity contribution in [2.45, 2.75) is 13.0 Å². The van der Waals surface area contributed by atoms with Gasteiger partial charge in [0.15, 0.2) is 0 Å². The fraction of sp³-hybridized carbons (Fsp3) is 0.143. The summed E-state index contributed by atoms with van der Waals surface area (Å²) in [5.74, 6) is 0.709. The molecule has 0 saturated carbocycles. The van der Waals surface area contributed by atoms with Crippen molar-refractivity contribution in [3.05, 3.63) is 54.6 Å². The molecule has 0 unspecified atom stereocenters. The van der Waals surface area contributed by atoms with Gasteiger partial charge in [-0.05, 0) is 19.1 Å². The van der Waals surface area contributed by atoms with E-state index in [4.69, 9.17) is 19.4 Å². The van der Waals surface area contributed by atoms with Crippen LogP contribution in [0.3, 0.4) is 0 Å². The SMILES string of the molecule is C[C@@H](Oc1cc(OB(O)O)cc2nccn12)c1ccccn1. The van der Waals surface area contributed by atoms with Crippen LogP contribution in [0.4, 0.5) is 0 Å². The molecular weight excluding hydrogens is 285 g/mol. The number of nitrogens with zero attached hydrogens (tertiary/aromatic N) is 3. The van der Waals surface area contributed by atoms with Gasteiger partial charge in [0, 0.05) is 30.7 Å². The number of imidazole rings is 1. The Morgan fingerprint density at radius 1 is 1.18 bits per heavy atom. The molecule has 3 aromatic rings. The minimum atomic E-state index is -1.90. The van der Waals surface area contributed by atoms with E-state index in [1.54, 1.807) is 35.1 Å². The lowest BCUT2D eigenvalue weighted by Crippen LogP contribution is -2.20. The number of aromatic nitrogens is 3. The van der Waals surface area contributed by atoms with Crippen LogP contribution in [0.15, 0.2) is 48.9 Å². The van der Waals surface area contributed by atoms with Gasteiger partial charge in [-0.15, -0.1) is 0 Å². The van der Waals surface area contributed by atoms with Gasteiger partial charge in [-0.1, -0.05) is 6.07 Å². The summed E-state index contributed by atoms with van der Waals surface area (Å²) in [6.45, 7) is 1.87. The average Bonchev–Trinajstić information content (AvgIpc) is 2.96. The first-order chi connectivity index (χ1) is 10.6. The molecule has 0 aromatic carbocycles. The molecule has 3 heterocycles. The van der Waals surface area contributed by atoms with Crippen LogP contribution in [0, 0.1) is 0 Å². The molecule has 0 aliphatic rings. The third-order valence-corrected chi connectivity index (χ3v) is 3.09. The topological polar surface area (TPSA) is 89.1 Å². The summed E-state index contributed by atoms with van der Waals surface area (Å²) < 4.78 is 12.5. The zero-order valence-electron chi connectivity index (χ0n) is 11.8. The van der Waals surface area contributed by atoms with Crippen LogP contribution < -0.4 is 9.39 Å². The van der Waals surface area contributed by atoms with E-state index < -0.39 is 7.32 Å². The predicted molar refractivity (Wildman–Crippen MR) is 79.3 cm³/mol. The van der Waals surface area contributed by atoms with Gasteiger partial charge in [-0.3, -0.25) is 9.38 Å². The minimum absolute atomic E-state index is 0.247. The van der Waals surface area contributed by atoms with E-state index in [2.05, 4.69) is 9.97 Å². The van der Waals surface area contributed by atoms with Gasteiger partial charge < -0.3 is 19.4 Å². The molecule has 3 aromatic heterocycles. The van der Waals surface area contributed by atoms with E-state index in [1.165, 1.54) is 0 Å². The van der Waals surface area contributed by atoms with Crippen LogP contribution >= 0.6 is 0 Å². The lowest BCUT2D eigenvalue weighted by molar-refractivity contribution is 0.209. The van der Waals surface area contributed by atoms with Crippen molar-refractivity contribution in [3.8, 4) is 11.6 Å². The summed E-state index contributed by atoms with van der Waals surface area (Å²) in [5, 5.41) is 17.9. The molecule has 3 rings (SSSR count). The summed E-state index contributed by atoms with van der Waals surface area (Å²) in [7, 11) is -1.90. The normalized spacial score (nSPS) is 12.1. The van der Waals surface area contributed by atoms with Crippen molar-refractivity contribution in [2.75, 3.05) is 0 Å². The monoisotopic (exact) mass is 299 g/mol. The van der Waals surface area contributed by atoms with E-state index >= 15 is 0 Å². The Labute approximate surface area is 127 Å². The summed E-state index contributed by atoms with van der Waals surface area (Å²) >= 11 is 0. The first-order valence-corrected chi connectivity index (χ1v) is 6.71. The van der Waals surface area contributed by atoms with E-state index in [0.717, 1.165) is 5.69 Å². The van der Waals surface area contributed by atoms with E-state index in [1.807, 2.05) is 25.1 Å². The maximum Gasteiger partial charge on any atom is 0.707 e. The van der Waals surface area contributed by atoms with Gasteiger partial charge in [-0.2, -0.15) is 0 Å². The summed E-state index contributed by atoms with van der Waals surface area (Å²) in [5.41, 5.74) is 1.35. The van der Waals surface area contributed by atoms with Crippen LogP contribution in [0.5, 0.6) is 11.6 Å². The number of rotatable bonds is 5. The fourth-order valence-corrected chi connectivity index (χ4v) is 2.11. The second-order valence-electron chi connectivity index (χ2n) is 4.64. The van der Waals surface area contributed by atoms with Gasteiger partial charge in [0.25, 0.3) is 0 Å². The van der Waals surface area contributed by atoms with E-state index in [9.17, 15) is 0 Å². The standard InChI is InChI=1S/C14H14BN3O4/c1-10(12-4-2-3-5-16-12)21-14-9-11(22-15(19)20)8-13-17-6-7-18(13)14/h2-10,19-20H,1H3/t10-/m1/s1. The molecule has 0 radical (unpaired) electrons. The molecule has 0 fully saturated rings. The highest BCUT2D eigenvalue weighted by molar-refractivity contribution is 6.33. The Morgan fingerprint density at radius 3 is 2.77 bits per heavy atom. The summed E-state index contributed by atoms with van der Waals surface area (Å²) in [6.07, 6.45) is 4.77. The number of ether oxygens (including phenoxy) is 1. The molecule has 112 valence electrons. The smallest absolute Gasteiger partial charge is 0.512 e. The van der Waals surface area contributed by atoms with Crippen LogP contribution in [0.1, 0.15) is 18.7 Å². The molecule has 0 aliphatic heterocycles. The number of hydrogen-bond acceptors (Lipinski definition) is 6. The van der Waals surface area contributed by atoms with Gasteiger partial charge >= 0.3 is 7.32 Å². The second-order valence-corrected chi connectivity index (χ2v) is 4.64. The van der Waals surface area contributed by atoms with Gasteiger partial charge in [0.1, 0.15) is 17.5 Å². The van der Waals surface area contributed by atoms with Crippen molar-refractivity contribution in [1.29, 1.82) is 0 Å². The molecule has 8 heteroatoms. The van der Waals surface area contributed by atoms with E-state index in [0.29, 0.717) is 11.5 Å². The third kappa shape index (κ3) is 3.02. The zero-order valence-corrected chi connectivity index (χ0v) is 11.8. The van der Waals surface area contributed by atoms with Crippen molar-refractivity contribution in [2.24, 2.45) is 0 Å². The highest BCUT2D eigenvalue weighted by Crippen LogP contribution is 2.26. The molecule has 22 heavy (non-hydrogen) atoms. The molecule has 0 amide bonds.